The summed E-state index contributed by atoms with van der Waals surface area (Å²) in [6.45, 7) is 6.95. The summed E-state index contributed by atoms with van der Waals surface area (Å²) in [6, 6.07) is 1.82. The number of amides is 1. The summed E-state index contributed by atoms with van der Waals surface area (Å²) >= 11 is 0. The number of aryl methyl sites for hydroxylation is 3. The number of carbonyl (C=O) groups is 1. The van der Waals surface area contributed by atoms with Crippen molar-refractivity contribution < 1.29 is 13.9 Å². The molecule has 0 spiro atoms. The van der Waals surface area contributed by atoms with Crippen molar-refractivity contribution in [2.75, 3.05) is 13.1 Å². The quantitative estimate of drug-likeness (QED) is 0.913. The van der Waals surface area contributed by atoms with Crippen molar-refractivity contribution in [3.63, 3.8) is 0 Å². The zero-order chi connectivity index (χ0) is 16.8. The van der Waals surface area contributed by atoms with Gasteiger partial charge in [-0.2, -0.15) is 5.10 Å². The van der Waals surface area contributed by atoms with E-state index >= 15 is 0 Å². The van der Waals surface area contributed by atoms with Crippen molar-refractivity contribution in [1.29, 1.82) is 0 Å². The average Bonchev–Trinajstić information content (AvgIpc) is 3.23. The summed E-state index contributed by atoms with van der Waals surface area (Å²) in [5, 5.41) is 7.09. The highest BCUT2D eigenvalue weighted by molar-refractivity contribution is 5.95. The Balaban J connectivity index is 1.46. The Labute approximate surface area is 140 Å². The third kappa shape index (κ3) is 2.62. The van der Waals surface area contributed by atoms with E-state index in [1.807, 2.05) is 31.7 Å². The molecule has 128 valence electrons. The van der Waals surface area contributed by atoms with Gasteiger partial charge in [-0.1, -0.05) is 0 Å². The number of H-pyrrole nitrogens is 1. The third-order valence-electron chi connectivity index (χ3n) is 5.01. The number of aromatic nitrogens is 3. The zero-order valence-corrected chi connectivity index (χ0v) is 14.2. The second kappa shape index (κ2) is 5.73. The molecule has 1 amide bonds. The van der Waals surface area contributed by atoms with Gasteiger partial charge in [-0.25, -0.2) is 4.98 Å². The van der Waals surface area contributed by atoms with Gasteiger partial charge in [0.15, 0.2) is 5.82 Å². The van der Waals surface area contributed by atoms with Crippen LogP contribution in [0.5, 0.6) is 0 Å². The molecule has 2 aliphatic heterocycles. The van der Waals surface area contributed by atoms with Crippen molar-refractivity contribution in [3.8, 4) is 0 Å². The summed E-state index contributed by atoms with van der Waals surface area (Å²) in [6.07, 6.45) is 1.86. The summed E-state index contributed by atoms with van der Waals surface area (Å²) in [5.41, 5.74) is 0.657. The van der Waals surface area contributed by atoms with Crippen LogP contribution in [0.4, 0.5) is 0 Å². The van der Waals surface area contributed by atoms with Crippen LogP contribution < -0.4 is 0 Å². The maximum Gasteiger partial charge on any atom is 0.257 e. The number of rotatable bonds is 2. The minimum Gasteiger partial charge on any atom is -0.466 e. The Kier molecular flexibility index (Phi) is 3.68. The highest BCUT2D eigenvalue weighted by atomic mass is 16.5. The third-order valence-corrected chi connectivity index (χ3v) is 5.01. The fraction of sp³-hybridized carbons (Fsp3) is 0.588. The molecule has 7 heteroatoms. The minimum absolute atomic E-state index is 0.0311. The van der Waals surface area contributed by atoms with E-state index in [0.29, 0.717) is 23.8 Å². The first-order valence-electron chi connectivity index (χ1n) is 8.42. The number of fused-ring (bicyclic) bond motifs is 1. The van der Waals surface area contributed by atoms with E-state index < -0.39 is 0 Å². The molecule has 0 aromatic carbocycles. The molecule has 0 bridgehead atoms. The lowest BCUT2D eigenvalue weighted by Crippen LogP contribution is -2.45. The molecular weight excluding hydrogens is 308 g/mol. The van der Waals surface area contributed by atoms with E-state index in [-0.39, 0.29) is 18.1 Å². The van der Waals surface area contributed by atoms with E-state index in [2.05, 4.69) is 15.2 Å². The standard InChI is InChI=1S/C17H22N4O3/c1-9-6-13(10(2)23-9)17(22)21-5-4-12-7-14(24-15(12)8-21)16-18-11(3)19-20-16/h6,12,14-15H,4-5,7-8H2,1-3H3,(H,18,19,20)/t12-,14+,15+/m0/s1. The van der Waals surface area contributed by atoms with Gasteiger partial charge in [0.1, 0.15) is 23.4 Å². The number of ether oxygens (including phenoxy) is 1. The number of piperidine rings is 1. The van der Waals surface area contributed by atoms with Gasteiger partial charge in [0.2, 0.25) is 0 Å². The first-order valence-corrected chi connectivity index (χ1v) is 8.42. The van der Waals surface area contributed by atoms with Gasteiger partial charge >= 0.3 is 0 Å². The number of nitrogens with one attached hydrogen (secondary N) is 1. The molecule has 2 aromatic rings. The van der Waals surface area contributed by atoms with Gasteiger partial charge in [0.25, 0.3) is 5.91 Å². The molecule has 1 N–H and O–H groups in total. The largest absolute Gasteiger partial charge is 0.466 e. The Morgan fingerprint density at radius 1 is 1.38 bits per heavy atom. The predicted molar refractivity (Wildman–Crippen MR) is 85.5 cm³/mol. The summed E-state index contributed by atoms with van der Waals surface area (Å²) in [4.78, 5) is 19.0. The first-order chi connectivity index (χ1) is 11.5. The molecule has 3 atom stereocenters. The monoisotopic (exact) mass is 330 g/mol. The van der Waals surface area contributed by atoms with Crippen molar-refractivity contribution in [2.45, 2.75) is 45.8 Å². The molecule has 4 heterocycles. The molecular formula is C17H22N4O3. The molecule has 0 unspecified atom stereocenters. The van der Waals surface area contributed by atoms with E-state index in [1.54, 1.807) is 0 Å². The van der Waals surface area contributed by atoms with Gasteiger partial charge < -0.3 is 14.1 Å². The van der Waals surface area contributed by atoms with Crippen LogP contribution in [0.25, 0.3) is 0 Å². The predicted octanol–water partition coefficient (Wildman–Crippen LogP) is 2.32. The Bertz CT molecular complexity index is 766. The molecule has 2 aliphatic rings. The lowest BCUT2D eigenvalue weighted by molar-refractivity contribution is -0.00687. The number of hydrogen-bond acceptors (Lipinski definition) is 5. The van der Waals surface area contributed by atoms with Crippen LogP contribution in [0, 0.1) is 26.7 Å². The molecule has 2 saturated heterocycles. The zero-order valence-electron chi connectivity index (χ0n) is 14.2. The number of nitrogens with zero attached hydrogens (tertiary/aromatic N) is 3. The topological polar surface area (TPSA) is 84.2 Å². The number of furan rings is 1. The van der Waals surface area contributed by atoms with Crippen LogP contribution >= 0.6 is 0 Å². The second-order valence-corrected chi connectivity index (χ2v) is 6.80. The molecule has 2 fully saturated rings. The van der Waals surface area contributed by atoms with Crippen LogP contribution in [0.2, 0.25) is 0 Å². The SMILES string of the molecule is Cc1nc([C@H]2C[C@@H]3CCN(C(=O)c4cc(C)oc4C)C[C@H]3O2)n[nH]1. The number of hydrogen-bond donors (Lipinski definition) is 1. The normalized spacial score (nSPS) is 26.6. The fourth-order valence-corrected chi connectivity index (χ4v) is 3.80. The van der Waals surface area contributed by atoms with E-state index in [1.165, 1.54) is 0 Å². The van der Waals surface area contributed by atoms with Crippen molar-refractivity contribution in [1.82, 2.24) is 20.1 Å². The van der Waals surface area contributed by atoms with Crippen LogP contribution in [0.15, 0.2) is 10.5 Å². The molecule has 7 nitrogen and oxygen atoms in total. The van der Waals surface area contributed by atoms with Crippen molar-refractivity contribution >= 4 is 5.91 Å². The Morgan fingerprint density at radius 2 is 2.21 bits per heavy atom. The molecule has 24 heavy (non-hydrogen) atoms. The molecule has 0 saturated carbocycles. The molecule has 0 aliphatic carbocycles. The number of carbonyl (C=O) groups excluding carboxylic acids is 1. The molecule has 2 aromatic heterocycles. The Morgan fingerprint density at radius 3 is 2.88 bits per heavy atom. The maximum absolute atomic E-state index is 12.8. The van der Waals surface area contributed by atoms with E-state index in [9.17, 15) is 4.79 Å². The summed E-state index contributed by atoms with van der Waals surface area (Å²) in [5.74, 6) is 3.46. The summed E-state index contributed by atoms with van der Waals surface area (Å²) in [7, 11) is 0. The summed E-state index contributed by atoms with van der Waals surface area (Å²) < 4.78 is 11.6. The highest BCUT2D eigenvalue weighted by Gasteiger charge is 2.42. The van der Waals surface area contributed by atoms with E-state index in [4.69, 9.17) is 9.15 Å². The minimum atomic E-state index is -0.0714. The lowest BCUT2D eigenvalue weighted by atomic mass is 9.91. The van der Waals surface area contributed by atoms with E-state index in [0.717, 1.165) is 36.8 Å². The van der Waals surface area contributed by atoms with Gasteiger partial charge in [0.05, 0.1) is 11.7 Å². The number of aromatic amines is 1. The van der Waals surface area contributed by atoms with Crippen LogP contribution in [0.1, 0.15) is 52.5 Å². The average molecular weight is 330 g/mol. The van der Waals surface area contributed by atoms with Gasteiger partial charge in [-0.3, -0.25) is 9.89 Å². The van der Waals surface area contributed by atoms with Crippen molar-refractivity contribution in [3.05, 3.63) is 34.8 Å². The Hall–Kier alpha value is -2.15. The lowest BCUT2D eigenvalue weighted by Gasteiger charge is -2.34. The maximum atomic E-state index is 12.8. The first kappa shape index (κ1) is 15.4. The molecule has 0 radical (unpaired) electrons. The highest BCUT2D eigenvalue weighted by Crippen LogP contribution is 2.40. The van der Waals surface area contributed by atoms with Gasteiger partial charge in [0, 0.05) is 13.1 Å². The van der Waals surface area contributed by atoms with Crippen LogP contribution in [0.3, 0.4) is 0 Å². The van der Waals surface area contributed by atoms with Crippen LogP contribution in [-0.2, 0) is 4.74 Å². The molecule has 4 rings (SSSR count). The van der Waals surface area contributed by atoms with Crippen LogP contribution in [-0.4, -0.2) is 45.2 Å². The smallest absolute Gasteiger partial charge is 0.257 e. The number of likely N-dealkylation sites (tertiary alicyclic amines) is 1. The second-order valence-electron chi connectivity index (χ2n) is 6.80. The van der Waals surface area contributed by atoms with Crippen molar-refractivity contribution in [2.24, 2.45) is 5.92 Å². The fourth-order valence-electron chi connectivity index (χ4n) is 3.80. The van der Waals surface area contributed by atoms with Gasteiger partial charge in [-0.05, 0) is 45.6 Å². The van der Waals surface area contributed by atoms with Gasteiger partial charge in [-0.15, -0.1) is 0 Å².